The molecule has 1 aliphatic carbocycles. The van der Waals surface area contributed by atoms with Crippen molar-refractivity contribution in [1.82, 2.24) is 10.3 Å². The topological polar surface area (TPSA) is 34.1 Å². The van der Waals surface area contributed by atoms with Crippen LogP contribution in [0.4, 0.5) is 0 Å². The number of ether oxygens (including phenoxy) is 1. The standard InChI is InChI=1S/C18H22N2O/c1-2-20-18-6-3-15-13-16(4-5-17(15)18)21-12-9-14-7-10-19-11-8-14/h4-5,7-8,10-11,13,18,20H,2-3,6,9,12H2,1H3. The number of hydrogen-bond acceptors (Lipinski definition) is 3. The Morgan fingerprint density at radius 2 is 2.10 bits per heavy atom. The molecule has 0 spiro atoms. The van der Waals surface area contributed by atoms with Crippen molar-refractivity contribution in [1.29, 1.82) is 0 Å². The van der Waals surface area contributed by atoms with Crippen LogP contribution in [-0.2, 0) is 12.8 Å². The third-order valence-corrected chi connectivity index (χ3v) is 4.05. The van der Waals surface area contributed by atoms with Gasteiger partial charge in [-0.25, -0.2) is 0 Å². The zero-order chi connectivity index (χ0) is 14.5. The SMILES string of the molecule is CCNC1CCc2cc(OCCc3ccncc3)ccc21. The van der Waals surface area contributed by atoms with Gasteiger partial charge in [-0.2, -0.15) is 0 Å². The van der Waals surface area contributed by atoms with Gasteiger partial charge in [-0.3, -0.25) is 4.98 Å². The van der Waals surface area contributed by atoms with Gasteiger partial charge in [0, 0.05) is 24.9 Å². The summed E-state index contributed by atoms with van der Waals surface area (Å²) < 4.78 is 5.89. The minimum Gasteiger partial charge on any atom is -0.493 e. The second-order valence-corrected chi connectivity index (χ2v) is 5.46. The Balaban J connectivity index is 1.58. The van der Waals surface area contributed by atoms with Gasteiger partial charge in [-0.05, 0) is 60.3 Å². The zero-order valence-corrected chi connectivity index (χ0v) is 12.5. The maximum atomic E-state index is 5.89. The average Bonchev–Trinajstić information content (AvgIpc) is 2.91. The van der Waals surface area contributed by atoms with Gasteiger partial charge >= 0.3 is 0 Å². The predicted octanol–water partition coefficient (Wildman–Crippen LogP) is 3.30. The Morgan fingerprint density at radius 1 is 1.24 bits per heavy atom. The van der Waals surface area contributed by atoms with Crippen molar-refractivity contribution in [2.75, 3.05) is 13.2 Å². The molecule has 0 fully saturated rings. The number of benzene rings is 1. The Hall–Kier alpha value is -1.87. The van der Waals surface area contributed by atoms with Gasteiger partial charge in [-0.15, -0.1) is 0 Å². The fourth-order valence-corrected chi connectivity index (χ4v) is 2.98. The van der Waals surface area contributed by atoms with Crippen molar-refractivity contribution in [2.45, 2.75) is 32.2 Å². The highest BCUT2D eigenvalue weighted by Crippen LogP contribution is 2.33. The molecule has 0 aliphatic heterocycles. The molecule has 1 unspecified atom stereocenters. The predicted molar refractivity (Wildman–Crippen MR) is 84.6 cm³/mol. The molecule has 3 nitrogen and oxygen atoms in total. The molecule has 1 aliphatic rings. The van der Waals surface area contributed by atoms with Crippen LogP contribution in [0.15, 0.2) is 42.7 Å². The molecule has 0 saturated heterocycles. The molecule has 0 bridgehead atoms. The van der Waals surface area contributed by atoms with Crippen molar-refractivity contribution in [3.8, 4) is 5.75 Å². The van der Waals surface area contributed by atoms with Crippen LogP contribution in [0.3, 0.4) is 0 Å². The van der Waals surface area contributed by atoms with E-state index in [-0.39, 0.29) is 0 Å². The number of aryl methyl sites for hydroxylation is 1. The Morgan fingerprint density at radius 3 is 2.90 bits per heavy atom. The lowest BCUT2D eigenvalue weighted by Crippen LogP contribution is -2.18. The molecule has 1 N–H and O–H groups in total. The van der Waals surface area contributed by atoms with Crippen LogP contribution in [0.25, 0.3) is 0 Å². The van der Waals surface area contributed by atoms with Gasteiger partial charge in [0.25, 0.3) is 0 Å². The highest BCUT2D eigenvalue weighted by molar-refractivity contribution is 5.40. The highest BCUT2D eigenvalue weighted by Gasteiger charge is 2.21. The zero-order valence-electron chi connectivity index (χ0n) is 12.5. The maximum absolute atomic E-state index is 5.89. The van der Waals surface area contributed by atoms with Crippen molar-refractivity contribution in [3.05, 3.63) is 59.4 Å². The smallest absolute Gasteiger partial charge is 0.119 e. The number of nitrogens with zero attached hydrogens (tertiary/aromatic N) is 1. The van der Waals surface area contributed by atoms with Gasteiger partial charge in [-0.1, -0.05) is 13.0 Å². The van der Waals surface area contributed by atoms with Gasteiger partial charge in [0.2, 0.25) is 0 Å². The summed E-state index contributed by atoms with van der Waals surface area (Å²) in [7, 11) is 0. The lowest BCUT2D eigenvalue weighted by atomic mass is 10.1. The lowest BCUT2D eigenvalue weighted by molar-refractivity contribution is 0.321. The minimum atomic E-state index is 0.524. The maximum Gasteiger partial charge on any atom is 0.119 e. The lowest BCUT2D eigenvalue weighted by Gasteiger charge is -2.13. The Bertz CT molecular complexity index is 583. The fraction of sp³-hybridized carbons (Fsp3) is 0.389. The molecule has 0 saturated carbocycles. The first-order valence-electron chi connectivity index (χ1n) is 7.74. The first-order chi connectivity index (χ1) is 10.4. The first kappa shape index (κ1) is 14.1. The number of fused-ring (bicyclic) bond motifs is 1. The summed E-state index contributed by atoms with van der Waals surface area (Å²) in [5.74, 6) is 0.986. The van der Waals surface area contributed by atoms with E-state index in [0.717, 1.165) is 25.1 Å². The van der Waals surface area contributed by atoms with Crippen molar-refractivity contribution < 1.29 is 4.74 Å². The number of aromatic nitrogens is 1. The number of nitrogens with one attached hydrogen (secondary N) is 1. The molecule has 0 amide bonds. The highest BCUT2D eigenvalue weighted by atomic mass is 16.5. The second-order valence-electron chi connectivity index (χ2n) is 5.46. The van der Waals surface area contributed by atoms with E-state index in [1.165, 1.54) is 23.1 Å². The van der Waals surface area contributed by atoms with Crippen molar-refractivity contribution >= 4 is 0 Å². The molecular formula is C18H22N2O. The van der Waals surface area contributed by atoms with Crippen LogP contribution >= 0.6 is 0 Å². The molecule has 3 heteroatoms. The number of pyridine rings is 1. The van der Waals surface area contributed by atoms with Crippen molar-refractivity contribution in [2.24, 2.45) is 0 Å². The van der Waals surface area contributed by atoms with Crippen LogP contribution in [0.5, 0.6) is 5.75 Å². The van der Waals surface area contributed by atoms with Gasteiger partial charge < -0.3 is 10.1 Å². The summed E-state index contributed by atoms with van der Waals surface area (Å²) in [5.41, 5.74) is 4.14. The number of hydrogen-bond donors (Lipinski definition) is 1. The largest absolute Gasteiger partial charge is 0.493 e. The molecule has 21 heavy (non-hydrogen) atoms. The summed E-state index contributed by atoms with van der Waals surface area (Å²) in [6.45, 7) is 3.89. The number of rotatable bonds is 6. The van der Waals surface area contributed by atoms with Gasteiger partial charge in [0.1, 0.15) is 5.75 Å². The van der Waals surface area contributed by atoms with Crippen LogP contribution < -0.4 is 10.1 Å². The molecule has 1 atom stereocenters. The molecule has 1 heterocycles. The summed E-state index contributed by atoms with van der Waals surface area (Å²) in [4.78, 5) is 4.03. The van der Waals surface area contributed by atoms with E-state index < -0.39 is 0 Å². The fourth-order valence-electron chi connectivity index (χ4n) is 2.98. The Labute approximate surface area is 126 Å². The normalized spacial score (nSPS) is 16.7. The Kier molecular flexibility index (Phi) is 4.51. The van der Waals surface area contributed by atoms with Crippen LogP contribution in [0.1, 0.15) is 36.1 Å². The monoisotopic (exact) mass is 282 g/mol. The average molecular weight is 282 g/mol. The van der Waals surface area contributed by atoms with Gasteiger partial charge in [0.05, 0.1) is 6.61 Å². The third kappa shape index (κ3) is 3.42. The molecule has 1 aromatic carbocycles. The summed E-state index contributed by atoms with van der Waals surface area (Å²) in [5, 5.41) is 3.54. The van der Waals surface area contributed by atoms with E-state index in [4.69, 9.17) is 4.74 Å². The quantitative estimate of drug-likeness (QED) is 0.882. The van der Waals surface area contributed by atoms with E-state index in [1.807, 2.05) is 24.5 Å². The van der Waals surface area contributed by atoms with E-state index in [2.05, 4.69) is 35.4 Å². The van der Waals surface area contributed by atoms with Crippen LogP contribution in [0.2, 0.25) is 0 Å². The van der Waals surface area contributed by atoms with E-state index in [9.17, 15) is 0 Å². The van der Waals surface area contributed by atoms with Crippen molar-refractivity contribution in [3.63, 3.8) is 0 Å². The summed E-state index contributed by atoms with van der Waals surface area (Å²) in [6.07, 6.45) is 6.91. The van der Waals surface area contributed by atoms with E-state index in [0.29, 0.717) is 12.6 Å². The molecule has 3 rings (SSSR count). The third-order valence-electron chi connectivity index (χ3n) is 4.05. The van der Waals surface area contributed by atoms with Crippen LogP contribution in [0, 0.1) is 0 Å². The minimum absolute atomic E-state index is 0.524. The van der Waals surface area contributed by atoms with Crippen LogP contribution in [-0.4, -0.2) is 18.1 Å². The molecular weight excluding hydrogens is 260 g/mol. The molecule has 110 valence electrons. The van der Waals surface area contributed by atoms with E-state index >= 15 is 0 Å². The summed E-state index contributed by atoms with van der Waals surface area (Å²) >= 11 is 0. The molecule has 0 radical (unpaired) electrons. The van der Waals surface area contributed by atoms with E-state index in [1.54, 1.807) is 0 Å². The molecule has 2 aromatic rings. The summed E-state index contributed by atoms with van der Waals surface area (Å²) in [6, 6.07) is 11.1. The first-order valence-corrected chi connectivity index (χ1v) is 7.74. The van der Waals surface area contributed by atoms with Gasteiger partial charge in [0.15, 0.2) is 0 Å². The molecule has 1 aromatic heterocycles. The second kappa shape index (κ2) is 6.72.